The first-order valence-electron chi connectivity index (χ1n) is 6.96. The molecule has 1 aliphatic rings. The summed E-state index contributed by atoms with van der Waals surface area (Å²) < 4.78 is 28.5. The van der Waals surface area contributed by atoms with Crippen LogP contribution in [0.25, 0.3) is 0 Å². The average molecular weight is 317 g/mol. The van der Waals surface area contributed by atoms with Crippen LogP contribution >= 0.6 is 0 Å². The van der Waals surface area contributed by atoms with E-state index in [9.17, 15) is 13.5 Å². The maximum atomic E-state index is 12.9. The SMILES string of the molecule is CN1CCC(N(CCO)S(=O)(=O)c2c(N)ncn2C)CC1. The Hall–Kier alpha value is -1.16. The zero-order chi connectivity index (χ0) is 15.6. The van der Waals surface area contributed by atoms with Gasteiger partial charge in [-0.2, -0.15) is 4.31 Å². The van der Waals surface area contributed by atoms with Crippen molar-refractivity contribution in [2.45, 2.75) is 23.9 Å². The molecule has 0 saturated carbocycles. The fraction of sp³-hybridized carbons (Fsp3) is 0.750. The Morgan fingerprint density at radius 1 is 1.43 bits per heavy atom. The van der Waals surface area contributed by atoms with Crippen LogP contribution in [0.4, 0.5) is 5.82 Å². The van der Waals surface area contributed by atoms with E-state index in [-0.39, 0.29) is 30.0 Å². The Labute approximate surface area is 125 Å². The fourth-order valence-corrected chi connectivity index (χ4v) is 4.62. The summed E-state index contributed by atoms with van der Waals surface area (Å²) >= 11 is 0. The van der Waals surface area contributed by atoms with Crippen molar-refractivity contribution in [3.05, 3.63) is 6.33 Å². The van der Waals surface area contributed by atoms with Crippen molar-refractivity contribution in [3.8, 4) is 0 Å². The summed E-state index contributed by atoms with van der Waals surface area (Å²) in [4.78, 5) is 6.01. The molecule has 0 bridgehead atoms. The van der Waals surface area contributed by atoms with E-state index in [1.165, 1.54) is 15.2 Å². The zero-order valence-electron chi connectivity index (χ0n) is 12.4. The molecule has 1 aliphatic heterocycles. The summed E-state index contributed by atoms with van der Waals surface area (Å²) in [7, 11) is -0.155. The molecule has 2 rings (SSSR count). The van der Waals surface area contributed by atoms with E-state index < -0.39 is 10.0 Å². The lowest BCUT2D eigenvalue weighted by molar-refractivity contribution is 0.161. The van der Waals surface area contributed by atoms with Crippen LogP contribution < -0.4 is 5.73 Å². The van der Waals surface area contributed by atoms with Gasteiger partial charge in [0.2, 0.25) is 0 Å². The summed E-state index contributed by atoms with van der Waals surface area (Å²) in [6.45, 7) is 1.52. The highest BCUT2D eigenvalue weighted by Crippen LogP contribution is 2.26. The molecule has 0 aliphatic carbocycles. The van der Waals surface area contributed by atoms with Crippen molar-refractivity contribution in [1.82, 2.24) is 18.8 Å². The molecular weight excluding hydrogens is 294 g/mol. The molecule has 21 heavy (non-hydrogen) atoms. The Bertz CT molecular complexity index is 558. The molecule has 0 amide bonds. The van der Waals surface area contributed by atoms with Gasteiger partial charge < -0.3 is 20.3 Å². The molecule has 0 aromatic carbocycles. The first kappa shape index (κ1) is 16.2. The number of nitrogens with two attached hydrogens (primary N) is 1. The van der Waals surface area contributed by atoms with E-state index in [4.69, 9.17) is 5.73 Å². The number of rotatable bonds is 5. The van der Waals surface area contributed by atoms with Crippen molar-refractivity contribution in [2.75, 3.05) is 39.0 Å². The average Bonchev–Trinajstić information content (AvgIpc) is 2.77. The van der Waals surface area contributed by atoms with Crippen molar-refractivity contribution >= 4 is 15.8 Å². The van der Waals surface area contributed by atoms with Gasteiger partial charge >= 0.3 is 0 Å². The maximum Gasteiger partial charge on any atom is 0.262 e. The van der Waals surface area contributed by atoms with Crippen molar-refractivity contribution in [1.29, 1.82) is 0 Å². The third-order valence-corrected chi connectivity index (χ3v) is 5.96. The number of aryl methyl sites for hydroxylation is 1. The summed E-state index contributed by atoms with van der Waals surface area (Å²) in [5.74, 6) is -0.00614. The number of aliphatic hydroxyl groups is 1. The van der Waals surface area contributed by atoms with Crippen LogP contribution in [0.2, 0.25) is 0 Å². The smallest absolute Gasteiger partial charge is 0.262 e. The molecule has 120 valence electrons. The fourth-order valence-electron chi connectivity index (χ4n) is 2.74. The minimum absolute atomic E-state index is 0.00474. The number of aliphatic hydroxyl groups excluding tert-OH is 1. The van der Waals surface area contributed by atoms with Gasteiger partial charge in [0.15, 0.2) is 10.8 Å². The number of nitrogen functional groups attached to an aromatic ring is 1. The van der Waals surface area contributed by atoms with E-state index in [2.05, 4.69) is 9.88 Å². The van der Waals surface area contributed by atoms with Gasteiger partial charge in [0, 0.05) is 19.6 Å². The van der Waals surface area contributed by atoms with Crippen LogP contribution in [0.1, 0.15) is 12.8 Å². The second-order valence-corrected chi connectivity index (χ2v) is 7.23. The van der Waals surface area contributed by atoms with Crippen LogP contribution in [-0.4, -0.2) is 71.6 Å². The molecule has 9 heteroatoms. The molecule has 3 N–H and O–H groups in total. The highest BCUT2D eigenvalue weighted by Gasteiger charge is 2.35. The van der Waals surface area contributed by atoms with Crippen LogP contribution in [0.5, 0.6) is 0 Å². The normalized spacial score (nSPS) is 18.5. The maximum absolute atomic E-state index is 12.9. The number of imidazole rings is 1. The Kier molecular flexibility index (Phi) is 4.87. The number of piperidine rings is 1. The number of nitrogens with zero attached hydrogens (tertiary/aromatic N) is 4. The minimum atomic E-state index is -3.77. The molecule has 0 atom stereocenters. The molecule has 1 aromatic rings. The molecule has 1 fully saturated rings. The number of hydrogen-bond donors (Lipinski definition) is 2. The van der Waals surface area contributed by atoms with Gasteiger partial charge in [0.25, 0.3) is 10.0 Å². The summed E-state index contributed by atoms with van der Waals surface area (Å²) in [5.41, 5.74) is 5.70. The second-order valence-electron chi connectivity index (χ2n) is 5.42. The first-order valence-corrected chi connectivity index (χ1v) is 8.40. The lowest BCUT2D eigenvalue weighted by atomic mass is 10.1. The molecule has 0 spiro atoms. The molecular formula is C12H23N5O3S. The van der Waals surface area contributed by atoms with Gasteiger partial charge in [-0.15, -0.1) is 0 Å². The number of likely N-dealkylation sites (tertiary alicyclic amines) is 1. The van der Waals surface area contributed by atoms with Crippen LogP contribution in [0.3, 0.4) is 0 Å². The van der Waals surface area contributed by atoms with E-state index in [0.29, 0.717) is 0 Å². The molecule has 1 aromatic heterocycles. The van der Waals surface area contributed by atoms with Gasteiger partial charge in [0.1, 0.15) is 0 Å². The minimum Gasteiger partial charge on any atom is -0.395 e. The second kappa shape index (κ2) is 6.30. The zero-order valence-corrected chi connectivity index (χ0v) is 13.3. The summed E-state index contributed by atoms with van der Waals surface area (Å²) in [6, 6.07) is -0.118. The predicted molar refractivity (Wildman–Crippen MR) is 79.1 cm³/mol. The monoisotopic (exact) mass is 317 g/mol. The van der Waals surface area contributed by atoms with Gasteiger partial charge in [-0.1, -0.05) is 0 Å². The lowest BCUT2D eigenvalue weighted by Gasteiger charge is -2.36. The lowest BCUT2D eigenvalue weighted by Crippen LogP contribution is -2.48. The number of aromatic nitrogens is 2. The molecule has 1 saturated heterocycles. The Morgan fingerprint density at radius 3 is 2.52 bits per heavy atom. The van der Waals surface area contributed by atoms with Crippen LogP contribution in [0.15, 0.2) is 11.4 Å². The molecule has 0 radical (unpaired) electrons. The van der Waals surface area contributed by atoms with Gasteiger partial charge in [-0.05, 0) is 33.0 Å². The van der Waals surface area contributed by atoms with E-state index >= 15 is 0 Å². The highest BCUT2D eigenvalue weighted by molar-refractivity contribution is 7.89. The number of anilines is 1. The van der Waals surface area contributed by atoms with Crippen molar-refractivity contribution in [2.24, 2.45) is 7.05 Å². The van der Waals surface area contributed by atoms with Crippen molar-refractivity contribution in [3.63, 3.8) is 0 Å². The number of hydrogen-bond acceptors (Lipinski definition) is 6. The largest absolute Gasteiger partial charge is 0.395 e. The highest BCUT2D eigenvalue weighted by atomic mass is 32.2. The third-order valence-electron chi connectivity index (χ3n) is 3.88. The molecule has 8 nitrogen and oxygen atoms in total. The Balaban J connectivity index is 2.33. The number of sulfonamides is 1. The van der Waals surface area contributed by atoms with E-state index in [0.717, 1.165) is 25.9 Å². The van der Waals surface area contributed by atoms with Gasteiger partial charge in [0.05, 0.1) is 12.9 Å². The van der Waals surface area contributed by atoms with Gasteiger partial charge in [-0.3, -0.25) is 0 Å². The van der Waals surface area contributed by atoms with Crippen LogP contribution in [-0.2, 0) is 17.1 Å². The van der Waals surface area contributed by atoms with E-state index in [1.54, 1.807) is 7.05 Å². The van der Waals surface area contributed by atoms with Gasteiger partial charge in [-0.25, -0.2) is 13.4 Å². The molecule has 2 heterocycles. The van der Waals surface area contributed by atoms with Crippen molar-refractivity contribution < 1.29 is 13.5 Å². The summed E-state index contributed by atoms with van der Waals surface area (Å²) in [6.07, 6.45) is 2.87. The summed E-state index contributed by atoms with van der Waals surface area (Å²) in [5, 5.41) is 9.24. The first-order chi connectivity index (χ1) is 9.87. The topological polar surface area (TPSA) is 105 Å². The van der Waals surface area contributed by atoms with E-state index in [1.807, 2.05) is 7.05 Å². The molecule has 0 unspecified atom stereocenters. The predicted octanol–water partition coefficient (Wildman–Crippen LogP) is -0.920. The standard InChI is InChI=1S/C12H23N5O3S/c1-15-5-3-10(4-6-15)17(7-8-18)21(19,20)12-11(13)14-9-16(12)2/h9-10,18H,3-8,13H2,1-2H3. The quantitative estimate of drug-likeness (QED) is 0.728. The van der Waals surface area contributed by atoms with Crippen LogP contribution in [0, 0.1) is 0 Å². The third kappa shape index (κ3) is 3.20. The Morgan fingerprint density at radius 2 is 2.05 bits per heavy atom.